The minimum Gasteiger partial charge on any atom is -0.464 e. The Bertz CT molecular complexity index is 894. The topological polar surface area (TPSA) is 111 Å². The molecular weight excluding hydrogens is 382 g/mol. The van der Waals surface area contributed by atoms with E-state index in [1.54, 1.807) is 6.08 Å². The molecule has 8 nitrogen and oxygen atoms in total. The second-order valence-corrected chi connectivity index (χ2v) is 8.14. The van der Waals surface area contributed by atoms with Crippen LogP contribution >= 0.6 is 0 Å². The monoisotopic (exact) mass is 407 g/mol. The van der Waals surface area contributed by atoms with Crippen LogP contribution in [0.15, 0.2) is 47.8 Å². The lowest BCUT2D eigenvalue weighted by Crippen LogP contribution is -2.20. The molecular formula is C19H25N3O5S. The number of methoxy groups -OCH3 is 1. The van der Waals surface area contributed by atoms with Gasteiger partial charge in [-0.3, -0.25) is 9.18 Å². The number of aliphatic imine (C=N–C) groups is 1. The molecule has 1 aliphatic carbocycles. The van der Waals surface area contributed by atoms with Gasteiger partial charge in [0, 0.05) is 12.6 Å². The van der Waals surface area contributed by atoms with Crippen molar-refractivity contribution in [1.82, 2.24) is 9.97 Å². The summed E-state index contributed by atoms with van der Waals surface area (Å²) in [6, 6.07) is 0. The molecule has 1 atom stereocenters. The zero-order valence-corrected chi connectivity index (χ0v) is 16.9. The van der Waals surface area contributed by atoms with Gasteiger partial charge >= 0.3 is 5.97 Å². The molecule has 1 saturated carbocycles. The fourth-order valence-corrected chi connectivity index (χ4v) is 3.06. The third-order valence-corrected chi connectivity index (χ3v) is 4.66. The highest BCUT2D eigenvalue weighted by Gasteiger charge is 2.22. The number of allylic oxidation sites excluding steroid dienone is 3. The summed E-state index contributed by atoms with van der Waals surface area (Å²) >= 11 is 0. The summed E-state index contributed by atoms with van der Waals surface area (Å²) in [6.07, 6.45) is 9.59. The largest absolute Gasteiger partial charge is 0.464 e. The Morgan fingerprint density at radius 2 is 2.18 bits per heavy atom. The Morgan fingerprint density at radius 3 is 2.79 bits per heavy atom. The van der Waals surface area contributed by atoms with Gasteiger partial charge in [0.25, 0.3) is 10.1 Å². The van der Waals surface area contributed by atoms with E-state index in [1.165, 1.54) is 32.4 Å². The fourth-order valence-electron chi connectivity index (χ4n) is 2.43. The minimum absolute atomic E-state index is 0.218. The molecule has 1 fully saturated rings. The molecule has 0 amide bonds. The summed E-state index contributed by atoms with van der Waals surface area (Å²) < 4.78 is 32.8. The second kappa shape index (κ2) is 9.61. The van der Waals surface area contributed by atoms with Gasteiger partial charge < -0.3 is 9.72 Å². The van der Waals surface area contributed by atoms with Crippen molar-refractivity contribution in [3.63, 3.8) is 0 Å². The lowest BCUT2D eigenvalue weighted by Gasteiger charge is -2.15. The first-order valence-electron chi connectivity index (χ1n) is 8.78. The summed E-state index contributed by atoms with van der Waals surface area (Å²) in [4.78, 5) is 22.5. The molecule has 0 radical (unpaired) electrons. The van der Waals surface area contributed by atoms with Crippen molar-refractivity contribution in [1.29, 1.82) is 0 Å². The van der Waals surface area contributed by atoms with Crippen molar-refractivity contribution in [3.05, 3.63) is 54.3 Å². The van der Waals surface area contributed by atoms with Crippen LogP contribution in [0.4, 0.5) is 0 Å². The molecule has 1 aromatic heterocycles. The molecule has 9 heteroatoms. The molecule has 0 bridgehead atoms. The van der Waals surface area contributed by atoms with E-state index >= 15 is 0 Å². The van der Waals surface area contributed by atoms with E-state index in [4.69, 9.17) is 4.18 Å². The summed E-state index contributed by atoms with van der Waals surface area (Å²) in [6.45, 7) is 7.80. The molecule has 1 heterocycles. The predicted octanol–water partition coefficient (Wildman–Crippen LogP) is 2.58. The molecule has 2 rings (SSSR count). The van der Waals surface area contributed by atoms with Crippen molar-refractivity contribution in [2.45, 2.75) is 31.8 Å². The Balaban J connectivity index is 1.97. The summed E-state index contributed by atoms with van der Waals surface area (Å²) in [7, 11) is -2.43. The third-order valence-electron chi connectivity index (χ3n) is 4.08. The van der Waals surface area contributed by atoms with Crippen molar-refractivity contribution in [2.24, 2.45) is 10.9 Å². The lowest BCUT2D eigenvalue weighted by molar-refractivity contribution is 0.0594. The number of nitrogens with one attached hydrogen (secondary N) is 1. The van der Waals surface area contributed by atoms with E-state index in [0.29, 0.717) is 18.2 Å². The highest BCUT2D eigenvalue weighted by Crippen LogP contribution is 2.35. The molecule has 1 unspecified atom stereocenters. The van der Waals surface area contributed by atoms with Crippen LogP contribution in [0.1, 0.15) is 35.6 Å². The van der Waals surface area contributed by atoms with Crippen LogP contribution in [0.25, 0.3) is 0 Å². The highest BCUT2D eigenvalue weighted by atomic mass is 32.2. The van der Waals surface area contributed by atoms with Crippen molar-refractivity contribution >= 4 is 22.3 Å². The second-order valence-electron chi connectivity index (χ2n) is 6.54. The summed E-state index contributed by atoms with van der Waals surface area (Å²) in [5.41, 5.74) is 1.54. The number of H-pyrrole nitrogens is 1. The third kappa shape index (κ3) is 7.24. The van der Waals surface area contributed by atoms with Crippen molar-refractivity contribution < 1.29 is 22.1 Å². The van der Waals surface area contributed by atoms with Gasteiger partial charge in [0.1, 0.15) is 17.6 Å². The minimum atomic E-state index is -3.70. The first kappa shape index (κ1) is 21.8. The number of aryl methyl sites for hydroxylation is 1. The summed E-state index contributed by atoms with van der Waals surface area (Å²) in [5, 5.41) is 0. The van der Waals surface area contributed by atoms with Gasteiger partial charge in [0.2, 0.25) is 0 Å². The number of carbonyl (C=O) groups excluding carboxylic acids is 1. The number of rotatable bonds is 11. The van der Waals surface area contributed by atoms with Gasteiger partial charge in [0.15, 0.2) is 0 Å². The Labute approximate surface area is 165 Å². The summed E-state index contributed by atoms with van der Waals surface area (Å²) in [5.74, 6) is 0.536. The molecule has 0 saturated heterocycles. The molecule has 0 spiro atoms. The maximum absolute atomic E-state index is 11.6. The number of ether oxygens (including phenoxy) is 1. The van der Waals surface area contributed by atoms with E-state index in [-0.39, 0.29) is 17.8 Å². The Morgan fingerprint density at radius 1 is 1.46 bits per heavy atom. The number of carbonyl (C=O) groups is 1. The average molecular weight is 407 g/mol. The van der Waals surface area contributed by atoms with E-state index in [2.05, 4.69) is 32.9 Å². The van der Waals surface area contributed by atoms with Gasteiger partial charge in [-0.25, -0.2) is 9.78 Å². The maximum Gasteiger partial charge on any atom is 0.356 e. The number of aromatic amines is 1. The van der Waals surface area contributed by atoms with E-state index in [1.807, 2.05) is 6.08 Å². The molecule has 1 aliphatic rings. The predicted molar refractivity (Wildman–Crippen MR) is 107 cm³/mol. The SMILES string of the molecule is C=C(/C=C\C=NC(=C)C(CCc1ncc(C(=O)OC)[nH]1)OS(C)(=O)=O)C1CC1. The zero-order chi connectivity index (χ0) is 20.7. The lowest BCUT2D eigenvalue weighted by atomic mass is 10.1. The number of imidazole rings is 1. The highest BCUT2D eigenvalue weighted by molar-refractivity contribution is 7.86. The number of aromatic nitrogens is 2. The van der Waals surface area contributed by atoms with Crippen molar-refractivity contribution in [2.75, 3.05) is 13.4 Å². The fraction of sp³-hybridized carbons (Fsp3) is 0.421. The van der Waals surface area contributed by atoms with Gasteiger partial charge in [-0.1, -0.05) is 24.8 Å². The molecule has 152 valence electrons. The molecule has 1 aromatic rings. The van der Waals surface area contributed by atoms with Gasteiger partial charge in [-0.2, -0.15) is 8.42 Å². The van der Waals surface area contributed by atoms with Crippen molar-refractivity contribution in [3.8, 4) is 0 Å². The van der Waals surface area contributed by atoms with Crippen LogP contribution in [0, 0.1) is 5.92 Å². The molecule has 28 heavy (non-hydrogen) atoms. The quantitative estimate of drug-likeness (QED) is 0.261. The van der Waals surface area contributed by atoms with Gasteiger partial charge in [-0.15, -0.1) is 0 Å². The standard InChI is InChI=1S/C19H25N3O5S/c1-13(15-7-8-15)6-5-11-20-14(2)17(27-28(4,24)25)9-10-18-21-12-16(22-18)19(23)26-3/h5-6,11-12,15,17H,1-2,7-10H2,3-4H3,(H,21,22)/b6-5-,20-11?. The molecule has 0 aliphatic heterocycles. The average Bonchev–Trinajstić information content (AvgIpc) is 3.38. The van der Waals surface area contributed by atoms with Crippen LogP contribution in [0.5, 0.6) is 0 Å². The number of hydrogen-bond acceptors (Lipinski definition) is 7. The van der Waals surface area contributed by atoms with Gasteiger partial charge in [-0.05, 0) is 31.3 Å². The van der Waals surface area contributed by atoms with E-state index < -0.39 is 22.2 Å². The normalized spacial score (nSPS) is 15.8. The zero-order valence-electron chi connectivity index (χ0n) is 16.1. The number of hydrogen-bond donors (Lipinski definition) is 1. The van der Waals surface area contributed by atoms with Crippen LogP contribution in [-0.2, 0) is 25.5 Å². The smallest absolute Gasteiger partial charge is 0.356 e. The van der Waals surface area contributed by atoms with Crippen LogP contribution in [-0.4, -0.2) is 50.0 Å². The molecule has 0 aromatic carbocycles. The van der Waals surface area contributed by atoms with Gasteiger partial charge in [0.05, 0.1) is 25.3 Å². The van der Waals surface area contributed by atoms with E-state index in [0.717, 1.165) is 11.8 Å². The number of esters is 1. The maximum atomic E-state index is 11.6. The Kier molecular flexibility index (Phi) is 7.47. The van der Waals surface area contributed by atoms with Crippen LogP contribution in [0.2, 0.25) is 0 Å². The van der Waals surface area contributed by atoms with E-state index in [9.17, 15) is 13.2 Å². The first-order chi connectivity index (χ1) is 13.2. The molecule has 1 N–H and O–H groups in total. The van der Waals surface area contributed by atoms with Crippen LogP contribution < -0.4 is 0 Å². The number of nitrogens with zero attached hydrogens (tertiary/aromatic N) is 2. The van der Waals surface area contributed by atoms with Crippen LogP contribution in [0.3, 0.4) is 0 Å². The first-order valence-corrected chi connectivity index (χ1v) is 10.6. The Hall–Kier alpha value is -2.52.